The Morgan fingerprint density at radius 2 is 2.15 bits per heavy atom. The first-order valence-corrected chi connectivity index (χ1v) is 6.64. The smallest absolute Gasteiger partial charge is 0.389 e. The third-order valence-corrected chi connectivity index (χ3v) is 3.22. The summed E-state index contributed by atoms with van der Waals surface area (Å²) >= 11 is 0.913. The van der Waals surface area contributed by atoms with Gasteiger partial charge in [0, 0.05) is 20.1 Å². The Kier molecular flexibility index (Phi) is 6.27. The maximum atomic E-state index is 12.2. The number of hydrogen-bond donors (Lipinski definition) is 1. The normalized spacial score (nSPS) is 11.8. The average molecular weight is 313 g/mol. The van der Waals surface area contributed by atoms with Crippen LogP contribution in [-0.4, -0.2) is 51.5 Å². The molecule has 10 heteroatoms. The molecule has 0 fully saturated rings. The van der Waals surface area contributed by atoms with E-state index in [-0.39, 0.29) is 36.3 Å². The molecule has 20 heavy (non-hydrogen) atoms. The summed E-state index contributed by atoms with van der Waals surface area (Å²) in [5, 5.41) is 16.3. The number of aromatic nitrogens is 3. The summed E-state index contributed by atoms with van der Waals surface area (Å²) in [6.07, 6.45) is -5.57. The lowest BCUT2D eigenvalue weighted by Gasteiger charge is -2.10. The fourth-order valence-electron chi connectivity index (χ4n) is 1.40. The van der Waals surface area contributed by atoms with E-state index in [0.717, 1.165) is 11.8 Å². The third kappa shape index (κ3) is 5.78. The maximum absolute atomic E-state index is 12.2. The minimum Gasteiger partial charge on any atom is -0.481 e. The summed E-state index contributed by atoms with van der Waals surface area (Å²) in [6, 6.07) is 0. The molecule has 1 rings (SSSR count). The van der Waals surface area contributed by atoms with E-state index in [2.05, 4.69) is 10.2 Å². The number of carbonyl (C=O) groups is 1. The van der Waals surface area contributed by atoms with Crippen LogP contribution in [0.5, 0.6) is 0 Å². The SMILES string of the molecule is COCCn1c(CCC(F)(F)F)nnc1SCC(=O)O. The molecule has 0 bridgehead atoms. The molecule has 0 amide bonds. The van der Waals surface area contributed by atoms with Gasteiger partial charge in [0.1, 0.15) is 5.82 Å². The number of thioether (sulfide) groups is 1. The van der Waals surface area contributed by atoms with E-state index < -0.39 is 18.6 Å². The number of alkyl halides is 3. The number of carboxylic acids is 1. The van der Waals surface area contributed by atoms with E-state index in [4.69, 9.17) is 9.84 Å². The number of hydrogen-bond acceptors (Lipinski definition) is 5. The van der Waals surface area contributed by atoms with Gasteiger partial charge in [0.15, 0.2) is 5.16 Å². The van der Waals surface area contributed by atoms with Crippen LogP contribution in [0.25, 0.3) is 0 Å². The number of rotatable bonds is 8. The van der Waals surface area contributed by atoms with E-state index in [1.165, 1.54) is 11.7 Å². The summed E-state index contributed by atoms with van der Waals surface area (Å²) in [6.45, 7) is 0.552. The van der Waals surface area contributed by atoms with Gasteiger partial charge in [0.25, 0.3) is 0 Å². The summed E-state index contributed by atoms with van der Waals surface area (Å²) in [5.74, 6) is -1.09. The van der Waals surface area contributed by atoms with Crippen molar-refractivity contribution in [1.29, 1.82) is 0 Å². The zero-order chi connectivity index (χ0) is 15.2. The molecule has 1 aromatic rings. The zero-order valence-corrected chi connectivity index (χ0v) is 11.5. The molecular formula is C10H14F3N3O3S. The Labute approximate surface area is 117 Å². The van der Waals surface area contributed by atoms with Gasteiger partial charge in [0.05, 0.1) is 18.8 Å². The molecule has 1 heterocycles. The highest BCUT2D eigenvalue weighted by Crippen LogP contribution is 2.23. The lowest BCUT2D eigenvalue weighted by molar-refractivity contribution is -0.135. The topological polar surface area (TPSA) is 77.2 Å². The van der Waals surface area contributed by atoms with Crippen molar-refractivity contribution in [2.24, 2.45) is 0 Å². The molecule has 6 nitrogen and oxygen atoms in total. The Hall–Kier alpha value is -1.29. The second-order valence-electron chi connectivity index (χ2n) is 3.84. The number of aliphatic carboxylic acids is 1. The monoisotopic (exact) mass is 313 g/mol. The molecule has 0 aliphatic heterocycles. The summed E-state index contributed by atoms with van der Waals surface area (Å²) < 4.78 is 43.0. The van der Waals surface area contributed by atoms with Gasteiger partial charge in [0.2, 0.25) is 0 Å². The summed E-state index contributed by atoms with van der Waals surface area (Å²) in [4.78, 5) is 10.5. The Bertz CT molecular complexity index is 451. The molecule has 0 aromatic carbocycles. The fourth-order valence-corrected chi connectivity index (χ4v) is 2.10. The molecule has 0 unspecified atom stereocenters. The Morgan fingerprint density at radius 1 is 1.45 bits per heavy atom. The van der Waals surface area contributed by atoms with E-state index in [1.807, 2.05) is 0 Å². The van der Waals surface area contributed by atoms with Crippen LogP contribution in [-0.2, 0) is 22.5 Å². The standard InChI is InChI=1S/C10H14F3N3O3S/c1-19-5-4-16-7(2-3-10(11,12)13)14-15-9(16)20-6-8(17)18/h2-6H2,1H3,(H,17,18). The van der Waals surface area contributed by atoms with Crippen LogP contribution in [0, 0.1) is 0 Å². The van der Waals surface area contributed by atoms with E-state index in [9.17, 15) is 18.0 Å². The quantitative estimate of drug-likeness (QED) is 0.735. The van der Waals surface area contributed by atoms with Crippen LogP contribution >= 0.6 is 11.8 Å². The van der Waals surface area contributed by atoms with Crippen molar-refractivity contribution in [3.8, 4) is 0 Å². The highest BCUT2D eigenvalue weighted by molar-refractivity contribution is 7.99. The molecule has 0 aliphatic carbocycles. The number of nitrogens with zero attached hydrogens (tertiary/aromatic N) is 3. The molecular weight excluding hydrogens is 299 g/mol. The lowest BCUT2D eigenvalue weighted by atomic mass is 10.3. The van der Waals surface area contributed by atoms with Crippen molar-refractivity contribution in [2.45, 2.75) is 30.7 Å². The number of halogens is 3. The number of ether oxygens (including phenoxy) is 1. The molecule has 1 aromatic heterocycles. The van der Waals surface area contributed by atoms with Crippen LogP contribution in [0.4, 0.5) is 13.2 Å². The number of carboxylic acid groups (broad SMARTS) is 1. The molecule has 114 valence electrons. The van der Waals surface area contributed by atoms with Gasteiger partial charge < -0.3 is 14.4 Å². The Balaban J connectivity index is 2.79. The van der Waals surface area contributed by atoms with E-state index >= 15 is 0 Å². The van der Waals surface area contributed by atoms with Crippen molar-refractivity contribution in [3.63, 3.8) is 0 Å². The van der Waals surface area contributed by atoms with Gasteiger partial charge in [-0.15, -0.1) is 10.2 Å². The maximum Gasteiger partial charge on any atom is 0.389 e. The van der Waals surface area contributed by atoms with Crippen LogP contribution in [0.15, 0.2) is 5.16 Å². The highest BCUT2D eigenvalue weighted by atomic mass is 32.2. The van der Waals surface area contributed by atoms with Crippen molar-refractivity contribution < 1.29 is 27.8 Å². The van der Waals surface area contributed by atoms with Gasteiger partial charge in [-0.25, -0.2) is 0 Å². The first kappa shape index (κ1) is 16.8. The molecule has 0 atom stereocenters. The van der Waals surface area contributed by atoms with E-state index in [0.29, 0.717) is 0 Å². The fraction of sp³-hybridized carbons (Fsp3) is 0.700. The van der Waals surface area contributed by atoms with Crippen molar-refractivity contribution >= 4 is 17.7 Å². The third-order valence-electron chi connectivity index (χ3n) is 2.27. The van der Waals surface area contributed by atoms with Gasteiger partial charge in [-0.2, -0.15) is 13.2 Å². The predicted molar refractivity (Wildman–Crippen MR) is 64.6 cm³/mol. The molecule has 1 N–H and O–H groups in total. The molecule has 0 saturated carbocycles. The highest BCUT2D eigenvalue weighted by Gasteiger charge is 2.28. The van der Waals surface area contributed by atoms with Crippen LogP contribution in [0.2, 0.25) is 0 Å². The number of aryl methyl sites for hydroxylation is 1. The van der Waals surface area contributed by atoms with Gasteiger partial charge in [-0.3, -0.25) is 4.79 Å². The molecule has 0 radical (unpaired) electrons. The van der Waals surface area contributed by atoms with Crippen molar-refractivity contribution in [3.05, 3.63) is 5.82 Å². The predicted octanol–water partition coefficient (Wildman–Crippen LogP) is 1.60. The minimum atomic E-state index is -4.27. The Morgan fingerprint density at radius 3 is 2.70 bits per heavy atom. The van der Waals surface area contributed by atoms with Crippen molar-refractivity contribution in [2.75, 3.05) is 19.5 Å². The second kappa shape index (κ2) is 7.48. The summed E-state index contributed by atoms with van der Waals surface area (Å²) in [7, 11) is 1.46. The first-order chi connectivity index (χ1) is 9.33. The van der Waals surface area contributed by atoms with Gasteiger partial charge in [-0.05, 0) is 0 Å². The largest absolute Gasteiger partial charge is 0.481 e. The van der Waals surface area contributed by atoms with Gasteiger partial charge in [-0.1, -0.05) is 11.8 Å². The second-order valence-corrected chi connectivity index (χ2v) is 4.78. The van der Waals surface area contributed by atoms with E-state index in [1.54, 1.807) is 0 Å². The molecule has 0 saturated heterocycles. The van der Waals surface area contributed by atoms with Crippen LogP contribution in [0.1, 0.15) is 12.2 Å². The molecule has 0 spiro atoms. The zero-order valence-electron chi connectivity index (χ0n) is 10.7. The first-order valence-electron chi connectivity index (χ1n) is 5.66. The minimum absolute atomic E-state index is 0.173. The molecule has 0 aliphatic rings. The summed E-state index contributed by atoms with van der Waals surface area (Å²) in [5.41, 5.74) is 0. The van der Waals surface area contributed by atoms with Crippen LogP contribution in [0.3, 0.4) is 0 Å². The van der Waals surface area contributed by atoms with Crippen molar-refractivity contribution in [1.82, 2.24) is 14.8 Å². The van der Waals surface area contributed by atoms with Crippen LogP contribution < -0.4 is 0 Å². The van der Waals surface area contributed by atoms with Gasteiger partial charge >= 0.3 is 12.1 Å². The lowest BCUT2D eigenvalue weighted by Crippen LogP contribution is -2.14. The average Bonchev–Trinajstić information content (AvgIpc) is 2.72. The number of methoxy groups -OCH3 is 1.